The van der Waals surface area contributed by atoms with E-state index in [-0.39, 0.29) is 71.8 Å². The van der Waals surface area contributed by atoms with Gasteiger partial charge < -0.3 is 20.4 Å². The summed E-state index contributed by atoms with van der Waals surface area (Å²) >= 11 is 0. The van der Waals surface area contributed by atoms with Gasteiger partial charge in [-0.15, -0.1) is 0 Å². The summed E-state index contributed by atoms with van der Waals surface area (Å²) in [5.41, 5.74) is -2.08. The maximum Gasteiger partial charge on any atom is 0.264 e. The third kappa shape index (κ3) is 10.9. The summed E-state index contributed by atoms with van der Waals surface area (Å²) < 4.78 is 111. The van der Waals surface area contributed by atoms with Crippen LogP contribution in [0.15, 0.2) is 0 Å². The number of rotatable bonds is 8. The summed E-state index contributed by atoms with van der Waals surface area (Å²) in [5.74, 6) is 4.27. The van der Waals surface area contributed by atoms with Crippen molar-refractivity contribution in [2.24, 2.45) is 71.0 Å². The van der Waals surface area contributed by atoms with Crippen molar-refractivity contribution >= 4 is 40.5 Å². The zero-order chi connectivity index (χ0) is 46.2. The van der Waals surface area contributed by atoms with Gasteiger partial charge in [-0.25, -0.2) is 0 Å². The zero-order valence-electron chi connectivity index (χ0n) is 37.7. The maximum atomic E-state index is 11.2. The second kappa shape index (κ2) is 16.5. The van der Waals surface area contributed by atoms with Crippen molar-refractivity contribution in [3.05, 3.63) is 0 Å². The molecule has 0 heterocycles. The summed E-state index contributed by atoms with van der Waals surface area (Å²) in [7, 11) is -13.5. The van der Waals surface area contributed by atoms with Gasteiger partial charge in [0, 0.05) is 0 Å². The molecule has 16 aliphatic carbocycles. The zero-order valence-corrected chi connectivity index (χ0v) is 41.0. The molecule has 0 spiro atoms. The Hall–Kier alpha value is -0.520. The highest BCUT2D eigenvalue weighted by Gasteiger charge is 2.59. The average Bonchev–Trinajstić information content (AvgIpc) is 3.08. The molecular formula is C44H72O16S4. The molecule has 16 aliphatic rings. The SMILES string of the molecule is CS(=O)(=O)OC1[C@@H]2CC3C[C@H]1CC(O)(C3)C2.CS(=O)(=O)OC1[C@@H]2CC3C[C@H]1CC(O)(C3)C2.CS(=O)(=O)OC1[C@@H]2CC3C[C@H]1CC(O)(C3)C2.CS(=O)(=O)OC1[C@@H]2CC3C[C@H]1CC(O)(C3)C2. The Kier molecular flexibility index (Phi) is 12.5. The van der Waals surface area contributed by atoms with Gasteiger partial charge in [-0.2, -0.15) is 33.7 Å². The molecule has 64 heavy (non-hydrogen) atoms. The van der Waals surface area contributed by atoms with Gasteiger partial charge in [0.25, 0.3) is 40.5 Å². The van der Waals surface area contributed by atoms with Gasteiger partial charge in [0.05, 0.1) is 71.8 Å². The van der Waals surface area contributed by atoms with Crippen LogP contribution in [0.3, 0.4) is 0 Å². The van der Waals surface area contributed by atoms with Crippen molar-refractivity contribution < 1.29 is 70.8 Å². The minimum atomic E-state index is -3.37. The van der Waals surface area contributed by atoms with Gasteiger partial charge in [-0.1, -0.05) is 0 Å². The van der Waals surface area contributed by atoms with E-state index in [1.54, 1.807) is 0 Å². The van der Waals surface area contributed by atoms with Crippen LogP contribution < -0.4 is 0 Å². The molecule has 0 aromatic carbocycles. The summed E-state index contributed by atoms with van der Waals surface area (Å²) in [6.07, 6.45) is 21.4. The molecule has 20 atom stereocenters. The van der Waals surface area contributed by atoms with Crippen molar-refractivity contribution in [2.75, 3.05) is 25.0 Å². The van der Waals surface area contributed by atoms with Crippen LogP contribution in [0.2, 0.25) is 0 Å². The topological polar surface area (TPSA) is 254 Å². The van der Waals surface area contributed by atoms with Crippen molar-refractivity contribution in [3.63, 3.8) is 0 Å². The highest BCUT2D eigenvalue weighted by atomic mass is 32.2. The Morgan fingerprint density at radius 2 is 0.438 bits per heavy atom. The standard InChI is InChI=1S/4C11H18O4S/c4*1-16(13,14)15-10-8-2-7-3-9(10)6-11(12,4-7)5-8/h4*7-10,12H,2-6H2,1H3/t4*7?,8-,9+,10?,11?. The van der Waals surface area contributed by atoms with E-state index in [4.69, 9.17) is 16.7 Å². The molecular weight excluding hydrogens is 913 g/mol. The van der Waals surface area contributed by atoms with Crippen LogP contribution in [0.5, 0.6) is 0 Å². The molecule has 20 heteroatoms. The number of hydrogen-bond acceptors (Lipinski definition) is 16. The van der Waals surface area contributed by atoms with E-state index in [0.717, 1.165) is 153 Å². The summed E-state index contributed by atoms with van der Waals surface area (Å²) in [5, 5.41) is 41.3. The van der Waals surface area contributed by atoms with Crippen LogP contribution in [0, 0.1) is 71.0 Å². The minimum Gasteiger partial charge on any atom is -0.390 e. The number of aliphatic hydroxyl groups is 4. The Balaban J connectivity index is 0.000000108. The molecule has 16 saturated carbocycles. The molecule has 16 bridgehead atoms. The first-order valence-corrected chi connectivity index (χ1v) is 31.1. The Bertz CT molecular complexity index is 1860. The molecule has 16 rings (SSSR count). The third-order valence-corrected chi connectivity index (χ3v) is 20.0. The molecule has 0 aliphatic heterocycles. The Labute approximate surface area is 380 Å². The molecule has 0 radical (unpaired) electrons. The lowest BCUT2D eigenvalue weighted by molar-refractivity contribution is -0.167. The predicted molar refractivity (Wildman–Crippen MR) is 233 cm³/mol. The van der Waals surface area contributed by atoms with E-state index < -0.39 is 62.9 Å². The van der Waals surface area contributed by atoms with E-state index in [0.29, 0.717) is 23.7 Å². The summed E-state index contributed by atoms with van der Waals surface area (Å²) in [4.78, 5) is 0. The van der Waals surface area contributed by atoms with Gasteiger partial charge in [-0.05, 0) is 199 Å². The van der Waals surface area contributed by atoms with Gasteiger partial charge in [-0.3, -0.25) is 16.7 Å². The second-order valence-corrected chi connectivity index (χ2v) is 30.2. The van der Waals surface area contributed by atoms with E-state index in [9.17, 15) is 54.1 Å². The minimum absolute atomic E-state index is 0.174. The molecule has 0 saturated heterocycles. The van der Waals surface area contributed by atoms with Gasteiger partial charge in [0.1, 0.15) is 0 Å². The highest BCUT2D eigenvalue weighted by Crippen LogP contribution is 2.60. The third-order valence-electron chi connectivity index (χ3n) is 17.8. The van der Waals surface area contributed by atoms with E-state index in [2.05, 4.69) is 0 Å². The van der Waals surface area contributed by atoms with Crippen molar-refractivity contribution in [3.8, 4) is 0 Å². The lowest BCUT2D eigenvalue weighted by atomic mass is 9.53. The fourth-order valence-corrected chi connectivity index (χ4v) is 20.0. The van der Waals surface area contributed by atoms with E-state index in [1.165, 1.54) is 0 Å². The fourth-order valence-electron chi connectivity index (χ4n) is 17.2. The molecule has 16 fully saturated rings. The van der Waals surface area contributed by atoms with Crippen molar-refractivity contribution in [1.82, 2.24) is 0 Å². The normalized spacial score (nSPS) is 50.9. The first-order chi connectivity index (χ1) is 29.4. The van der Waals surface area contributed by atoms with Crippen LogP contribution in [-0.2, 0) is 57.2 Å². The average molecular weight is 985 g/mol. The Morgan fingerprint density at radius 3 is 0.547 bits per heavy atom. The lowest BCUT2D eigenvalue weighted by Gasteiger charge is -2.57. The van der Waals surface area contributed by atoms with Crippen molar-refractivity contribution in [1.29, 1.82) is 0 Å². The quantitative estimate of drug-likeness (QED) is 0.254. The maximum absolute atomic E-state index is 11.2. The number of hydrogen-bond donors (Lipinski definition) is 4. The van der Waals surface area contributed by atoms with E-state index >= 15 is 0 Å². The Morgan fingerprint density at radius 1 is 0.297 bits per heavy atom. The largest absolute Gasteiger partial charge is 0.390 e. The summed E-state index contributed by atoms with van der Waals surface area (Å²) in [6.45, 7) is 0. The van der Waals surface area contributed by atoms with Gasteiger partial charge in [0.15, 0.2) is 0 Å². The molecule has 4 N–H and O–H groups in total. The predicted octanol–water partition coefficient (Wildman–Crippen LogP) is 3.61. The van der Waals surface area contributed by atoms with Crippen LogP contribution in [-0.4, -0.2) is 126 Å². The molecule has 368 valence electrons. The molecule has 16 nitrogen and oxygen atoms in total. The molecule has 12 unspecified atom stereocenters. The van der Waals surface area contributed by atoms with Gasteiger partial charge >= 0.3 is 0 Å². The van der Waals surface area contributed by atoms with Gasteiger partial charge in [0.2, 0.25) is 0 Å². The second-order valence-electron chi connectivity index (χ2n) is 23.8. The first kappa shape index (κ1) is 48.5. The van der Waals surface area contributed by atoms with Crippen LogP contribution in [0.4, 0.5) is 0 Å². The van der Waals surface area contributed by atoms with Crippen LogP contribution >= 0.6 is 0 Å². The fraction of sp³-hybridized carbons (Fsp3) is 1.00. The van der Waals surface area contributed by atoms with Crippen LogP contribution in [0.25, 0.3) is 0 Å². The highest BCUT2D eigenvalue weighted by molar-refractivity contribution is 7.86. The summed E-state index contributed by atoms with van der Waals surface area (Å²) in [6, 6.07) is 0. The van der Waals surface area contributed by atoms with Crippen LogP contribution in [0.1, 0.15) is 128 Å². The lowest BCUT2D eigenvalue weighted by Crippen LogP contribution is -2.57. The van der Waals surface area contributed by atoms with E-state index in [1.807, 2.05) is 0 Å². The molecule has 0 aromatic heterocycles. The molecule has 0 aromatic rings. The monoisotopic (exact) mass is 984 g/mol. The molecule has 0 amide bonds. The van der Waals surface area contributed by atoms with Crippen molar-refractivity contribution in [2.45, 2.75) is 175 Å². The first-order valence-electron chi connectivity index (χ1n) is 23.8. The smallest absolute Gasteiger partial charge is 0.264 e.